The van der Waals surface area contributed by atoms with E-state index in [1.165, 1.54) is 18.2 Å². The van der Waals surface area contributed by atoms with E-state index < -0.39 is 28.2 Å². The maximum absolute atomic E-state index is 13.5. The fourth-order valence-electron chi connectivity index (χ4n) is 2.09. The molecule has 0 heterocycles. The number of nitrogens with one attached hydrogen (secondary N) is 1. The number of halogens is 3. The van der Waals surface area contributed by atoms with Crippen molar-refractivity contribution in [1.82, 2.24) is 5.32 Å². The van der Waals surface area contributed by atoms with Gasteiger partial charge < -0.3 is 10.4 Å². The first-order valence-electron chi connectivity index (χ1n) is 6.65. The summed E-state index contributed by atoms with van der Waals surface area (Å²) >= 11 is 5.71. The van der Waals surface area contributed by atoms with Crippen molar-refractivity contribution in [2.75, 3.05) is 6.54 Å². The molecule has 5 nitrogen and oxygen atoms in total. The molecule has 0 fully saturated rings. The zero-order valence-electron chi connectivity index (χ0n) is 11.8. The van der Waals surface area contributed by atoms with Gasteiger partial charge in [0, 0.05) is 19.2 Å². The predicted octanol–water partition coefficient (Wildman–Crippen LogP) is 3.35. The lowest BCUT2D eigenvalue weighted by molar-refractivity contribution is -0.384. The topological polar surface area (TPSA) is 75.4 Å². The summed E-state index contributed by atoms with van der Waals surface area (Å²) in [4.78, 5) is 10.2. The zero-order chi connectivity index (χ0) is 17.0. The lowest BCUT2D eigenvalue weighted by Gasteiger charge is -2.14. The van der Waals surface area contributed by atoms with Crippen molar-refractivity contribution in [2.24, 2.45) is 0 Å². The molecular weight excluding hydrogens is 330 g/mol. The van der Waals surface area contributed by atoms with Crippen molar-refractivity contribution in [3.05, 3.63) is 74.3 Å². The average Bonchev–Trinajstić information content (AvgIpc) is 2.48. The Morgan fingerprint density at radius 1 is 1.26 bits per heavy atom. The van der Waals surface area contributed by atoms with Gasteiger partial charge in [0.15, 0.2) is 0 Å². The summed E-state index contributed by atoms with van der Waals surface area (Å²) in [7, 11) is 0. The van der Waals surface area contributed by atoms with E-state index in [9.17, 15) is 24.0 Å². The second-order valence-electron chi connectivity index (χ2n) is 4.82. The van der Waals surface area contributed by atoms with Crippen LogP contribution in [0.1, 0.15) is 17.2 Å². The minimum Gasteiger partial charge on any atom is -0.387 e. The second-order valence-corrected chi connectivity index (χ2v) is 5.23. The van der Waals surface area contributed by atoms with Crippen LogP contribution in [0, 0.1) is 21.7 Å². The third-order valence-corrected chi connectivity index (χ3v) is 3.53. The Morgan fingerprint density at radius 2 is 1.91 bits per heavy atom. The van der Waals surface area contributed by atoms with E-state index in [1.54, 1.807) is 6.07 Å². The molecule has 1 atom stereocenters. The highest BCUT2D eigenvalue weighted by Crippen LogP contribution is 2.25. The minimum absolute atomic E-state index is 0.0206. The monoisotopic (exact) mass is 342 g/mol. The quantitative estimate of drug-likeness (QED) is 0.623. The first-order chi connectivity index (χ1) is 10.9. The molecule has 2 aromatic carbocycles. The number of hydrogen-bond donors (Lipinski definition) is 2. The molecule has 0 aromatic heterocycles. The van der Waals surface area contributed by atoms with Gasteiger partial charge in [-0.2, -0.15) is 0 Å². The SMILES string of the molecule is O=[N+]([O-])c1cc(CNCC(O)c2c(F)cccc2F)ccc1Cl. The maximum atomic E-state index is 13.5. The molecule has 23 heavy (non-hydrogen) atoms. The Labute approximate surface area is 135 Å². The average molecular weight is 343 g/mol. The molecule has 8 heteroatoms. The minimum atomic E-state index is -1.38. The number of aliphatic hydroxyl groups is 1. The number of benzene rings is 2. The molecule has 2 rings (SSSR count). The van der Waals surface area contributed by atoms with Gasteiger partial charge in [-0.3, -0.25) is 10.1 Å². The fraction of sp³-hybridized carbons (Fsp3) is 0.200. The van der Waals surface area contributed by atoms with E-state index in [4.69, 9.17) is 11.6 Å². The summed E-state index contributed by atoms with van der Waals surface area (Å²) in [5.41, 5.74) is -0.0870. The van der Waals surface area contributed by atoms with Crippen molar-refractivity contribution in [3.8, 4) is 0 Å². The Hall–Kier alpha value is -2.09. The largest absolute Gasteiger partial charge is 0.387 e. The van der Waals surface area contributed by atoms with Gasteiger partial charge in [0.05, 0.1) is 16.6 Å². The van der Waals surface area contributed by atoms with E-state index in [2.05, 4.69) is 5.32 Å². The third kappa shape index (κ3) is 4.22. The van der Waals surface area contributed by atoms with Gasteiger partial charge in [-0.25, -0.2) is 8.78 Å². The summed E-state index contributed by atoms with van der Waals surface area (Å²) in [5.74, 6) is -1.66. The van der Waals surface area contributed by atoms with Crippen molar-refractivity contribution >= 4 is 17.3 Å². The molecule has 2 aromatic rings. The van der Waals surface area contributed by atoms with Crippen LogP contribution in [0.5, 0.6) is 0 Å². The summed E-state index contributed by atoms with van der Waals surface area (Å²) in [6.45, 7) is 0.0550. The summed E-state index contributed by atoms with van der Waals surface area (Å²) < 4.78 is 27.0. The van der Waals surface area contributed by atoms with Crippen LogP contribution in [-0.2, 0) is 6.54 Å². The number of rotatable bonds is 6. The smallest absolute Gasteiger partial charge is 0.288 e. The Morgan fingerprint density at radius 3 is 2.52 bits per heavy atom. The zero-order valence-corrected chi connectivity index (χ0v) is 12.6. The first kappa shape index (κ1) is 17.3. The summed E-state index contributed by atoms with van der Waals surface area (Å²) in [6, 6.07) is 7.60. The van der Waals surface area contributed by atoms with E-state index >= 15 is 0 Å². The highest BCUT2D eigenvalue weighted by molar-refractivity contribution is 6.32. The Kier molecular flexibility index (Phi) is 5.59. The van der Waals surface area contributed by atoms with Gasteiger partial charge in [0.2, 0.25) is 0 Å². The number of nitro groups is 1. The van der Waals surface area contributed by atoms with Crippen molar-refractivity contribution in [1.29, 1.82) is 0 Å². The van der Waals surface area contributed by atoms with Crippen LogP contribution in [0.15, 0.2) is 36.4 Å². The Balaban J connectivity index is 2.00. The van der Waals surface area contributed by atoms with Gasteiger partial charge in [0.1, 0.15) is 16.7 Å². The highest BCUT2D eigenvalue weighted by Gasteiger charge is 2.17. The van der Waals surface area contributed by atoms with Crippen LogP contribution in [0.2, 0.25) is 5.02 Å². The van der Waals surface area contributed by atoms with E-state index in [-0.39, 0.29) is 23.8 Å². The normalized spacial score (nSPS) is 12.2. The van der Waals surface area contributed by atoms with Gasteiger partial charge in [-0.1, -0.05) is 23.7 Å². The third-order valence-electron chi connectivity index (χ3n) is 3.21. The first-order valence-corrected chi connectivity index (χ1v) is 7.03. The molecule has 0 aliphatic heterocycles. The molecule has 122 valence electrons. The standard InChI is InChI=1S/C15H13ClF2N2O3/c16-10-5-4-9(6-13(10)20(22)23)7-19-8-14(21)15-11(17)2-1-3-12(15)18/h1-6,14,19,21H,7-8H2. The molecule has 0 saturated carbocycles. The number of nitrogens with zero attached hydrogens (tertiary/aromatic N) is 1. The predicted molar refractivity (Wildman–Crippen MR) is 81.1 cm³/mol. The van der Waals surface area contributed by atoms with E-state index in [0.717, 1.165) is 12.1 Å². The number of hydrogen-bond acceptors (Lipinski definition) is 4. The molecule has 2 N–H and O–H groups in total. The lowest BCUT2D eigenvalue weighted by atomic mass is 10.1. The van der Waals surface area contributed by atoms with Crippen LogP contribution < -0.4 is 5.32 Å². The van der Waals surface area contributed by atoms with Crippen LogP contribution in [0.25, 0.3) is 0 Å². The number of aliphatic hydroxyl groups excluding tert-OH is 1. The van der Waals surface area contributed by atoms with Crippen LogP contribution in [-0.4, -0.2) is 16.6 Å². The molecule has 0 bridgehead atoms. The maximum Gasteiger partial charge on any atom is 0.288 e. The summed E-state index contributed by atoms with van der Waals surface area (Å²) in [5, 5.41) is 23.5. The van der Waals surface area contributed by atoms with E-state index in [1.807, 2.05) is 0 Å². The van der Waals surface area contributed by atoms with Crippen molar-refractivity contribution in [3.63, 3.8) is 0 Å². The van der Waals surface area contributed by atoms with Crippen LogP contribution >= 0.6 is 11.6 Å². The molecule has 0 aliphatic carbocycles. The van der Waals surface area contributed by atoms with Crippen molar-refractivity contribution < 1.29 is 18.8 Å². The van der Waals surface area contributed by atoms with E-state index in [0.29, 0.717) is 5.56 Å². The van der Waals surface area contributed by atoms with Crippen LogP contribution in [0.3, 0.4) is 0 Å². The molecular formula is C15H13ClF2N2O3. The molecule has 0 radical (unpaired) electrons. The summed E-state index contributed by atoms with van der Waals surface area (Å²) in [6.07, 6.45) is -1.38. The molecule has 0 aliphatic rings. The molecule has 1 unspecified atom stereocenters. The Bertz CT molecular complexity index is 708. The van der Waals surface area contributed by atoms with Crippen LogP contribution in [0.4, 0.5) is 14.5 Å². The fourth-order valence-corrected chi connectivity index (χ4v) is 2.28. The van der Waals surface area contributed by atoms with Crippen molar-refractivity contribution in [2.45, 2.75) is 12.6 Å². The van der Waals surface area contributed by atoms with Gasteiger partial charge >= 0.3 is 0 Å². The number of nitro benzene ring substituents is 1. The lowest BCUT2D eigenvalue weighted by Crippen LogP contribution is -2.22. The molecule has 0 saturated heterocycles. The van der Waals surface area contributed by atoms with Gasteiger partial charge in [-0.05, 0) is 23.8 Å². The molecule has 0 amide bonds. The second kappa shape index (κ2) is 7.45. The highest BCUT2D eigenvalue weighted by atomic mass is 35.5. The van der Waals surface area contributed by atoms with Gasteiger partial charge in [-0.15, -0.1) is 0 Å². The van der Waals surface area contributed by atoms with Gasteiger partial charge in [0.25, 0.3) is 5.69 Å². The molecule has 0 spiro atoms.